The Balaban J connectivity index is 1.16. The molecule has 8 rings (SSSR count). The lowest BCUT2D eigenvalue weighted by molar-refractivity contribution is -0.0925. The van der Waals surface area contributed by atoms with Crippen LogP contribution in [0, 0.1) is 0 Å². The summed E-state index contributed by atoms with van der Waals surface area (Å²) in [4.78, 5) is 31.4. The van der Waals surface area contributed by atoms with E-state index in [2.05, 4.69) is 122 Å². The largest absolute Gasteiger partial charge is 0.497 e. The molecule has 1 fully saturated rings. The number of rotatable bonds is 22. The maximum absolute atomic E-state index is 14.0. The van der Waals surface area contributed by atoms with Gasteiger partial charge in [-0.2, -0.15) is 4.98 Å². The number of benzene rings is 6. The number of methoxy groups -OCH3 is 2. The zero-order valence-corrected chi connectivity index (χ0v) is 44.0. The molecule has 0 spiro atoms. The predicted molar refractivity (Wildman–Crippen MR) is 288 cm³/mol. The standard InChI is InChI=1S/C58H65N4O8PSi/c1-42(2)62(43(3)4)71(68-38-39-72(7,50-24-16-10-17-25-50)51-26-18-11-19-27-51)70-52-40-55(61-37-36-54(60-57(61)64)59-56(63)44-20-12-8-13-21-44)69-53(52)41-67-58(45-22-14-9-15-23-45,46-28-32-48(65-5)33-29-46)47-30-34-49(66-6)35-31-47/h8-37,42-43,52-53,55H,38-41H2,1-7H3,(H,59,60,63,64)/t52-,53+,55+,71?/m0/s1. The first-order valence-electron chi connectivity index (χ1n) is 24.5. The molecule has 0 radical (unpaired) electrons. The van der Waals surface area contributed by atoms with Crippen LogP contribution in [-0.4, -0.2) is 79.9 Å². The lowest BCUT2D eigenvalue weighted by Gasteiger charge is -2.39. The van der Waals surface area contributed by atoms with Gasteiger partial charge in [-0.15, -0.1) is 0 Å². The van der Waals surface area contributed by atoms with Crippen molar-refractivity contribution in [2.75, 3.05) is 32.8 Å². The van der Waals surface area contributed by atoms with Gasteiger partial charge in [0, 0.05) is 30.3 Å². The molecule has 14 heteroatoms. The van der Waals surface area contributed by atoms with Crippen LogP contribution in [0.1, 0.15) is 67.4 Å². The minimum atomic E-state index is -2.27. The number of aromatic nitrogens is 2. The Bertz CT molecular complexity index is 2770. The topological polar surface area (TPSA) is 123 Å². The molecule has 0 aliphatic carbocycles. The van der Waals surface area contributed by atoms with Crippen LogP contribution in [0.3, 0.4) is 0 Å². The van der Waals surface area contributed by atoms with E-state index < -0.39 is 46.3 Å². The molecule has 1 aliphatic rings. The quantitative estimate of drug-likeness (QED) is 0.0399. The number of nitrogens with one attached hydrogen (secondary N) is 1. The van der Waals surface area contributed by atoms with Gasteiger partial charge in [-0.1, -0.05) is 150 Å². The minimum Gasteiger partial charge on any atom is -0.497 e. The van der Waals surface area contributed by atoms with Crippen LogP contribution in [0.15, 0.2) is 187 Å². The molecule has 1 N–H and O–H groups in total. The Morgan fingerprint density at radius 3 is 1.74 bits per heavy atom. The van der Waals surface area contributed by atoms with E-state index in [0.29, 0.717) is 23.7 Å². The summed E-state index contributed by atoms with van der Waals surface area (Å²) in [5.74, 6) is 1.17. The second-order valence-corrected chi connectivity index (χ2v) is 24.3. The highest BCUT2D eigenvalue weighted by molar-refractivity contribution is 7.44. The summed E-state index contributed by atoms with van der Waals surface area (Å²) in [5.41, 5.74) is 1.32. The Morgan fingerprint density at radius 1 is 0.736 bits per heavy atom. The summed E-state index contributed by atoms with van der Waals surface area (Å²) in [6.07, 6.45) is -0.233. The van der Waals surface area contributed by atoms with Gasteiger partial charge < -0.3 is 33.3 Å². The molecule has 4 atom stereocenters. The highest BCUT2D eigenvalue weighted by Gasteiger charge is 2.45. The van der Waals surface area contributed by atoms with E-state index in [4.69, 9.17) is 28.0 Å². The smallest absolute Gasteiger partial charge is 0.351 e. The first kappa shape index (κ1) is 52.1. The van der Waals surface area contributed by atoms with Gasteiger partial charge in [0.2, 0.25) is 0 Å². The molecule has 0 bridgehead atoms. The Labute approximate surface area is 425 Å². The molecule has 1 saturated heterocycles. The molecule has 72 heavy (non-hydrogen) atoms. The molecule has 1 amide bonds. The van der Waals surface area contributed by atoms with Crippen LogP contribution in [0.5, 0.6) is 11.5 Å². The number of carbonyl (C=O) groups excluding carboxylic acids is 1. The summed E-state index contributed by atoms with van der Waals surface area (Å²) >= 11 is 0. The molecule has 374 valence electrons. The highest BCUT2D eigenvalue weighted by atomic mass is 31.2. The Kier molecular flexibility index (Phi) is 17.3. The number of nitrogens with zero attached hydrogens (tertiary/aromatic N) is 3. The number of carbonyl (C=O) groups is 1. The van der Waals surface area contributed by atoms with E-state index in [1.165, 1.54) is 14.9 Å². The lowest BCUT2D eigenvalue weighted by atomic mass is 9.80. The summed E-state index contributed by atoms with van der Waals surface area (Å²) in [5, 5.41) is 5.43. The first-order chi connectivity index (χ1) is 34.9. The third-order valence-corrected chi connectivity index (χ3v) is 19.9. The SMILES string of the molecule is COc1ccc(C(OC[C@H]2O[C@@H](n3ccc(NC(=O)c4ccccc4)nc3=O)C[C@@H]2OP(OCC[Si](C)(c2ccccc2)c2ccccc2)N(C(C)C)C(C)C)(c2ccccc2)c2ccc(OC)cc2)cc1. The van der Waals surface area contributed by atoms with Gasteiger partial charge in [-0.25, -0.2) is 9.46 Å². The van der Waals surface area contributed by atoms with Crippen molar-refractivity contribution in [2.45, 2.75) is 82.8 Å². The molecule has 7 aromatic rings. The van der Waals surface area contributed by atoms with Gasteiger partial charge in [-0.3, -0.25) is 9.36 Å². The van der Waals surface area contributed by atoms with E-state index in [-0.39, 0.29) is 36.8 Å². The zero-order chi connectivity index (χ0) is 50.7. The van der Waals surface area contributed by atoms with Crippen molar-refractivity contribution in [2.24, 2.45) is 0 Å². The van der Waals surface area contributed by atoms with Gasteiger partial charge >= 0.3 is 5.69 Å². The summed E-state index contributed by atoms with van der Waals surface area (Å²) in [6.45, 7) is 11.5. The van der Waals surface area contributed by atoms with E-state index in [1.807, 2.05) is 72.8 Å². The number of anilines is 1. The normalized spacial score (nSPS) is 16.5. The van der Waals surface area contributed by atoms with Crippen LogP contribution >= 0.6 is 8.53 Å². The molecule has 6 aromatic carbocycles. The van der Waals surface area contributed by atoms with E-state index in [1.54, 1.807) is 50.7 Å². The van der Waals surface area contributed by atoms with Gasteiger partial charge in [-0.05, 0) is 92.9 Å². The molecule has 2 heterocycles. The summed E-state index contributed by atoms with van der Waals surface area (Å²) < 4.78 is 43.8. The monoisotopic (exact) mass is 1000 g/mol. The third kappa shape index (κ3) is 11.8. The fraction of sp³-hybridized carbons (Fsp3) is 0.293. The van der Waals surface area contributed by atoms with Gasteiger partial charge in [0.1, 0.15) is 43.3 Å². The average Bonchev–Trinajstić information content (AvgIpc) is 3.81. The van der Waals surface area contributed by atoms with Crippen LogP contribution in [0.25, 0.3) is 0 Å². The van der Waals surface area contributed by atoms with Crippen molar-refractivity contribution in [3.05, 3.63) is 215 Å². The second kappa shape index (κ2) is 24.0. The number of hydrogen-bond acceptors (Lipinski definition) is 10. The van der Waals surface area contributed by atoms with E-state index in [0.717, 1.165) is 22.7 Å². The van der Waals surface area contributed by atoms with Crippen molar-refractivity contribution < 1.29 is 32.8 Å². The molecule has 1 aliphatic heterocycles. The van der Waals surface area contributed by atoms with E-state index in [9.17, 15) is 9.59 Å². The fourth-order valence-corrected chi connectivity index (χ4v) is 14.7. The predicted octanol–water partition coefficient (Wildman–Crippen LogP) is 10.4. The molecular weight excluding hydrogens is 940 g/mol. The lowest BCUT2D eigenvalue weighted by Crippen LogP contribution is -2.56. The third-order valence-electron chi connectivity index (χ3n) is 13.3. The number of ether oxygens (including phenoxy) is 4. The van der Waals surface area contributed by atoms with Crippen LogP contribution < -0.4 is 30.9 Å². The second-order valence-electron chi connectivity index (χ2n) is 18.6. The summed E-state index contributed by atoms with van der Waals surface area (Å²) in [7, 11) is -0.685. The van der Waals surface area contributed by atoms with Crippen molar-refractivity contribution in [3.63, 3.8) is 0 Å². The Hall–Kier alpha value is -6.28. The van der Waals surface area contributed by atoms with Crippen LogP contribution in [0.4, 0.5) is 5.82 Å². The molecular formula is C58H65N4O8PSi. The Morgan fingerprint density at radius 2 is 1.24 bits per heavy atom. The van der Waals surface area contributed by atoms with Crippen molar-refractivity contribution in [1.82, 2.24) is 14.2 Å². The van der Waals surface area contributed by atoms with Gasteiger partial charge in [0.25, 0.3) is 14.4 Å². The molecule has 12 nitrogen and oxygen atoms in total. The fourth-order valence-electron chi connectivity index (χ4n) is 9.53. The zero-order valence-electron chi connectivity index (χ0n) is 42.1. The first-order valence-corrected chi connectivity index (χ1v) is 28.4. The van der Waals surface area contributed by atoms with Gasteiger partial charge in [0.15, 0.2) is 0 Å². The average molecular weight is 1010 g/mol. The highest BCUT2D eigenvalue weighted by Crippen LogP contribution is 2.51. The van der Waals surface area contributed by atoms with Crippen LogP contribution in [-0.2, 0) is 24.1 Å². The van der Waals surface area contributed by atoms with Crippen LogP contribution in [0.2, 0.25) is 12.6 Å². The van der Waals surface area contributed by atoms with Gasteiger partial charge in [0.05, 0.1) is 33.5 Å². The number of amides is 1. The molecule has 1 unspecified atom stereocenters. The van der Waals surface area contributed by atoms with Crippen molar-refractivity contribution >= 4 is 38.7 Å². The minimum absolute atomic E-state index is 0.0427. The number of hydrogen-bond donors (Lipinski definition) is 1. The van der Waals surface area contributed by atoms with Crippen molar-refractivity contribution in [1.29, 1.82) is 0 Å². The maximum Gasteiger partial charge on any atom is 0.351 e. The van der Waals surface area contributed by atoms with Crippen molar-refractivity contribution in [3.8, 4) is 11.5 Å². The summed E-state index contributed by atoms with van der Waals surface area (Å²) in [6, 6.07) is 58.8. The van der Waals surface area contributed by atoms with E-state index >= 15 is 0 Å². The maximum atomic E-state index is 14.0. The molecule has 1 aromatic heterocycles. The molecule has 0 saturated carbocycles.